The van der Waals surface area contributed by atoms with Crippen molar-refractivity contribution in [2.75, 3.05) is 18.1 Å². The summed E-state index contributed by atoms with van der Waals surface area (Å²) in [7, 11) is 0. The van der Waals surface area contributed by atoms with Gasteiger partial charge in [-0.1, -0.05) is 44.2 Å². The summed E-state index contributed by atoms with van der Waals surface area (Å²) in [5, 5.41) is 2.95. The van der Waals surface area contributed by atoms with Crippen molar-refractivity contribution in [3.63, 3.8) is 0 Å². The van der Waals surface area contributed by atoms with Gasteiger partial charge in [-0.3, -0.25) is 9.59 Å². The first-order valence-electron chi connectivity index (χ1n) is 9.90. The Hall–Kier alpha value is -2.82. The van der Waals surface area contributed by atoms with Crippen LogP contribution >= 0.6 is 0 Å². The fourth-order valence-electron chi connectivity index (χ4n) is 3.53. The maximum Gasteiger partial charge on any atom is 0.249 e. The standard InChI is InChI=1S/C23H28N2O3/c1-4-28-19-11-9-17(10-12-19)15-21(26)24-22(16(2)3)23(27)25-14-13-18-7-5-6-8-20(18)25/h5-12,16,22H,4,13-15H2,1-3H3,(H,24,26)/t22-/m0/s1. The van der Waals surface area contributed by atoms with Crippen molar-refractivity contribution < 1.29 is 14.3 Å². The lowest BCUT2D eigenvalue weighted by Crippen LogP contribution is -2.51. The number of fused-ring (bicyclic) bond motifs is 1. The van der Waals surface area contributed by atoms with Gasteiger partial charge in [0.05, 0.1) is 13.0 Å². The van der Waals surface area contributed by atoms with E-state index < -0.39 is 6.04 Å². The molecule has 1 heterocycles. The van der Waals surface area contributed by atoms with Gasteiger partial charge in [-0.25, -0.2) is 0 Å². The largest absolute Gasteiger partial charge is 0.494 e. The Labute approximate surface area is 166 Å². The fourth-order valence-corrected chi connectivity index (χ4v) is 3.53. The number of para-hydroxylation sites is 1. The molecule has 0 unspecified atom stereocenters. The highest BCUT2D eigenvalue weighted by molar-refractivity contribution is 6.01. The van der Waals surface area contributed by atoms with Crippen LogP contribution in [0, 0.1) is 5.92 Å². The van der Waals surface area contributed by atoms with Crippen LogP contribution < -0.4 is 15.0 Å². The third kappa shape index (κ3) is 4.53. The Morgan fingerprint density at radius 1 is 1.11 bits per heavy atom. The van der Waals surface area contributed by atoms with Crippen molar-refractivity contribution >= 4 is 17.5 Å². The number of amides is 2. The summed E-state index contributed by atoms with van der Waals surface area (Å²) in [4.78, 5) is 27.5. The van der Waals surface area contributed by atoms with E-state index in [2.05, 4.69) is 11.4 Å². The molecule has 1 aliphatic rings. The number of carbonyl (C=O) groups is 2. The van der Waals surface area contributed by atoms with E-state index in [0.29, 0.717) is 13.2 Å². The van der Waals surface area contributed by atoms with Crippen LogP contribution in [0.4, 0.5) is 5.69 Å². The Kier molecular flexibility index (Phi) is 6.34. The van der Waals surface area contributed by atoms with E-state index in [0.717, 1.165) is 23.4 Å². The number of ether oxygens (including phenoxy) is 1. The molecule has 0 radical (unpaired) electrons. The monoisotopic (exact) mass is 380 g/mol. The van der Waals surface area contributed by atoms with Crippen LogP contribution in [-0.2, 0) is 22.4 Å². The van der Waals surface area contributed by atoms with Gasteiger partial charge in [0, 0.05) is 12.2 Å². The predicted molar refractivity (Wildman–Crippen MR) is 111 cm³/mol. The molecule has 0 aromatic heterocycles. The molecular weight excluding hydrogens is 352 g/mol. The van der Waals surface area contributed by atoms with Crippen molar-refractivity contribution in [2.45, 2.75) is 39.7 Å². The Morgan fingerprint density at radius 3 is 2.50 bits per heavy atom. The number of carbonyl (C=O) groups excluding carboxylic acids is 2. The van der Waals surface area contributed by atoms with Crippen molar-refractivity contribution in [3.05, 3.63) is 59.7 Å². The normalized spacial score (nSPS) is 13.9. The van der Waals surface area contributed by atoms with Crippen LogP contribution in [0.3, 0.4) is 0 Å². The number of anilines is 1. The van der Waals surface area contributed by atoms with E-state index in [-0.39, 0.29) is 24.2 Å². The first-order chi connectivity index (χ1) is 13.5. The summed E-state index contributed by atoms with van der Waals surface area (Å²) in [5.74, 6) is 0.600. The second-order valence-corrected chi connectivity index (χ2v) is 7.41. The quantitative estimate of drug-likeness (QED) is 0.801. The highest BCUT2D eigenvalue weighted by Crippen LogP contribution is 2.28. The van der Waals surface area contributed by atoms with Gasteiger partial charge >= 0.3 is 0 Å². The van der Waals surface area contributed by atoms with Crippen molar-refractivity contribution in [3.8, 4) is 5.75 Å². The number of hydrogen-bond donors (Lipinski definition) is 1. The lowest BCUT2D eigenvalue weighted by Gasteiger charge is -2.27. The second-order valence-electron chi connectivity index (χ2n) is 7.41. The first-order valence-corrected chi connectivity index (χ1v) is 9.90. The molecule has 0 saturated heterocycles. The number of rotatable bonds is 7. The minimum Gasteiger partial charge on any atom is -0.494 e. The zero-order valence-electron chi connectivity index (χ0n) is 16.8. The molecule has 0 saturated carbocycles. The lowest BCUT2D eigenvalue weighted by molar-refractivity contribution is -0.128. The topological polar surface area (TPSA) is 58.6 Å². The number of nitrogens with zero attached hydrogens (tertiary/aromatic N) is 1. The van der Waals surface area contributed by atoms with E-state index in [9.17, 15) is 9.59 Å². The summed E-state index contributed by atoms with van der Waals surface area (Å²) >= 11 is 0. The summed E-state index contributed by atoms with van der Waals surface area (Å²) < 4.78 is 5.43. The summed E-state index contributed by atoms with van der Waals surface area (Å²) in [6, 6.07) is 14.9. The van der Waals surface area contributed by atoms with Gasteiger partial charge in [0.1, 0.15) is 11.8 Å². The minimum absolute atomic E-state index is 0.00421. The van der Waals surface area contributed by atoms with Crippen LogP contribution in [0.2, 0.25) is 0 Å². The molecule has 5 nitrogen and oxygen atoms in total. The second kappa shape index (κ2) is 8.91. The fraction of sp³-hybridized carbons (Fsp3) is 0.391. The molecule has 1 aliphatic heterocycles. The lowest BCUT2D eigenvalue weighted by atomic mass is 10.0. The van der Waals surface area contributed by atoms with Crippen LogP contribution in [0.25, 0.3) is 0 Å². The van der Waals surface area contributed by atoms with E-state index in [1.165, 1.54) is 5.56 Å². The molecule has 1 atom stereocenters. The Morgan fingerprint density at radius 2 is 1.82 bits per heavy atom. The predicted octanol–water partition coefficient (Wildman–Crippen LogP) is 3.36. The van der Waals surface area contributed by atoms with Crippen LogP contribution in [-0.4, -0.2) is 31.0 Å². The average molecular weight is 380 g/mol. The molecule has 28 heavy (non-hydrogen) atoms. The van der Waals surface area contributed by atoms with Gasteiger partial charge in [0.15, 0.2) is 0 Å². The Balaban J connectivity index is 1.66. The summed E-state index contributed by atoms with van der Waals surface area (Å²) in [6.45, 7) is 7.13. The third-order valence-electron chi connectivity index (χ3n) is 5.00. The molecule has 0 aliphatic carbocycles. The van der Waals surface area contributed by atoms with E-state index in [4.69, 9.17) is 4.74 Å². The molecule has 1 N–H and O–H groups in total. The van der Waals surface area contributed by atoms with Gasteiger partial charge in [0.25, 0.3) is 0 Å². The van der Waals surface area contributed by atoms with Gasteiger partial charge in [-0.2, -0.15) is 0 Å². The highest BCUT2D eigenvalue weighted by atomic mass is 16.5. The zero-order valence-corrected chi connectivity index (χ0v) is 16.8. The zero-order chi connectivity index (χ0) is 20.1. The van der Waals surface area contributed by atoms with E-state index in [1.807, 2.05) is 63.2 Å². The number of hydrogen-bond acceptors (Lipinski definition) is 3. The maximum absolute atomic E-state index is 13.1. The summed E-state index contributed by atoms with van der Waals surface area (Å²) in [6.07, 6.45) is 1.09. The smallest absolute Gasteiger partial charge is 0.249 e. The van der Waals surface area contributed by atoms with Gasteiger partial charge in [0.2, 0.25) is 11.8 Å². The van der Waals surface area contributed by atoms with E-state index in [1.54, 1.807) is 4.90 Å². The van der Waals surface area contributed by atoms with Crippen molar-refractivity contribution in [2.24, 2.45) is 5.92 Å². The highest BCUT2D eigenvalue weighted by Gasteiger charge is 2.32. The summed E-state index contributed by atoms with van der Waals surface area (Å²) in [5.41, 5.74) is 3.03. The number of nitrogens with one attached hydrogen (secondary N) is 1. The van der Waals surface area contributed by atoms with Gasteiger partial charge < -0.3 is 15.0 Å². The van der Waals surface area contributed by atoms with Gasteiger partial charge in [-0.05, 0) is 48.6 Å². The van der Waals surface area contributed by atoms with E-state index >= 15 is 0 Å². The SMILES string of the molecule is CCOc1ccc(CC(=O)N[C@H](C(=O)N2CCc3ccccc32)C(C)C)cc1. The molecule has 148 valence electrons. The molecule has 0 spiro atoms. The van der Waals surface area contributed by atoms with Crippen molar-refractivity contribution in [1.29, 1.82) is 0 Å². The van der Waals surface area contributed by atoms with Crippen molar-refractivity contribution in [1.82, 2.24) is 5.32 Å². The Bertz CT molecular complexity index is 830. The molecule has 3 rings (SSSR count). The molecule has 2 aromatic rings. The molecule has 2 aromatic carbocycles. The average Bonchev–Trinajstić information content (AvgIpc) is 3.11. The molecule has 0 bridgehead atoms. The minimum atomic E-state index is -0.540. The van der Waals surface area contributed by atoms with Crippen LogP contribution in [0.15, 0.2) is 48.5 Å². The first kappa shape index (κ1) is 19.9. The molecule has 0 fully saturated rings. The third-order valence-corrected chi connectivity index (χ3v) is 5.00. The van der Waals surface area contributed by atoms with Crippen LogP contribution in [0.1, 0.15) is 31.9 Å². The van der Waals surface area contributed by atoms with Crippen LogP contribution in [0.5, 0.6) is 5.75 Å². The molecular formula is C23H28N2O3. The number of benzene rings is 2. The van der Waals surface area contributed by atoms with Gasteiger partial charge in [-0.15, -0.1) is 0 Å². The molecule has 5 heteroatoms. The molecule has 2 amide bonds. The maximum atomic E-state index is 13.1.